The third-order valence-corrected chi connectivity index (χ3v) is 2.45. The summed E-state index contributed by atoms with van der Waals surface area (Å²) >= 11 is 0. The summed E-state index contributed by atoms with van der Waals surface area (Å²) in [6.07, 6.45) is 1.08. The number of hydrogen-bond acceptors (Lipinski definition) is 6. The summed E-state index contributed by atoms with van der Waals surface area (Å²) in [5.74, 6) is -2.42. The lowest BCUT2D eigenvalue weighted by Gasteiger charge is -2.05. The average Bonchev–Trinajstić information content (AvgIpc) is 2.51. The van der Waals surface area contributed by atoms with E-state index >= 15 is 0 Å². The molecule has 0 heterocycles. The second-order valence-electron chi connectivity index (χ2n) is 3.97. The number of amides is 1. The fourth-order valence-corrected chi connectivity index (χ4v) is 1.39. The molecule has 0 bridgehead atoms. The largest absolute Gasteiger partial charge is 0.478 e. The number of nitrogens with one attached hydrogen (secondary N) is 2. The van der Waals surface area contributed by atoms with Crippen molar-refractivity contribution in [2.75, 3.05) is 19.0 Å². The van der Waals surface area contributed by atoms with E-state index in [4.69, 9.17) is 10.4 Å². The van der Waals surface area contributed by atoms with Crippen LogP contribution in [0.25, 0.3) is 0 Å². The molecule has 0 atom stereocenters. The highest BCUT2D eigenvalue weighted by Gasteiger charge is 2.11. The van der Waals surface area contributed by atoms with E-state index in [9.17, 15) is 14.4 Å². The van der Waals surface area contributed by atoms with Crippen LogP contribution in [-0.4, -0.2) is 36.6 Å². The maximum atomic E-state index is 11.9. The van der Waals surface area contributed by atoms with Gasteiger partial charge in [-0.05, 0) is 18.2 Å². The van der Waals surface area contributed by atoms with E-state index in [0.717, 1.165) is 6.20 Å². The van der Waals surface area contributed by atoms with Crippen LogP contribution in [0.4, 0.5) is 5.69 Å². The van der Waals surface area contributed by atoms with Crippen LogP contribution in [0.15, 0.2) is 36.0 Å². The number of benzene rings is 1. The molecule has 1 aromatic rings. The van der Waals surface area contributed by atoms with Crippen LogP contribution in [0.2, 0.25) is 0 Å². The van der Waals surface area contributed by atoms with Gasteiger partial charge >= 0.3 is 11.9 Å². The topological polar surface area (TPSA) is 129 Å². The summed E-state index contributed by atoms with van der Waals surface area (Å²) < 4.78 is 4.39. The maximum Gasteiger partial charge on any atom is 0.335 e. The van der Waals surface area contributed by atoms with Gasteiger partial charge in [0.1, 0.15) is 18.2 Å². The summed E-state index contributed by atoms with van der Waals surface area (Å²) in [7, 11) is 1.21. The molecule has 1 rings (SSSR count). The number of nitrogens with zero attached hydrogens (tertiary/aromatic N) is 1. The van der Waals surface area contributed by atoms with Crippen LogP contribution in [-0.2, 0) is 14.3 Å². The van der Waals surface area contributed by atoms with Gasteiger partial charge in [0.25, 0.3) is 5.91 Å². The fraction of sp³-hybridized carbons (Fsp3) is 0.143. The number of hydrogen-bond donors (Lipinski definition) is 3. The monoisotopic (exact) mass is 303 g/mol. The molecule has 1 amide bonds. The number of nitriles is 1. The van der Waals surface area contributed by atoms with Crippen LogP contribution in [0.3, 0.4) is 0 Å². The van der Waals surface area contributed by atoms with Crippen LogP contribution >= 0.6 is 0 Å². The fourth-order valence-electron chi connectivity index (χ4n) is 1.39. The van der Waals surface area contributed by atoms with E-state index < -0.39 is 17.8 Å². The first-order chi connectivity index (χ1) is 10.5. The second-order valence-corrected chi connectivity index (χ2v) is 3.97. The standard InChI is InChI=1S/C14H13N3O5/c1-22-12(18)8-16-7-10(6-15)13(19)17-11-4-2-3-9(5-11)14(20)21/h2-5,7,16H,8H2,1H3,(H,17,19)(H,20,21)/b10-7-. The van der Waals surface area contributed by atoms with E-state index in [1.165, 1.54) is 31.4 Å². The van der Waals surface area contributed by atoms with E-state index in [-0.39, 0.29) is 23.4 Å². The van der Waals surface area contributed by atoms with Crippen molar-refractivity contribution in [1.82, 2.24) is 5.32 Å². The van der Waals surface area contributed by atoms with Gasteiger partial charge in [-0.3, -0.25) is 9.59 Å². The lowest BCUT2D eigenvalue weighted by Crippen LogP contribution is -2.22. The molecule has 8 nitrogen and oxygen atoms in total. The summed E-state index contributed by atoms with van der Waals surface area (Å²) in [5.41, 5.74) is -0.0345. The molecule has 22 heavy (non-hydrogen) atoms. The van der Waals surface area contributed by atoms with Crippen LogP contribution < -0.4 is 10.6 Å². The van der Waals surface area contributed by atoms with Gasteiger partial charge in [-0.15, -0.1) is 0 Å². The van der Waals surface area contributed by atoms with Crippen molar-refractivity contribution in [3.63, 3.8) is 0 Å². The zero-order valence-corrected chi connectivity index (χ0v) is 11.6. The lowest BCUT2D eigenvalue weighted by molar-refractivity contribution is -0.139. The molecule has 0 unspecified atom stereocenters. The number of carbonyl (C=O) groups excluding carboxylic acids is 2. The number of esters is 1. The Morgan fingerprint density at radius 1 is 1.41 bits per heavy atom. The predicted octanol–water partition coefficient (Wildman–Crippen LogP) is 0.493. The van der Waals surface area contributed by atoms with Crippen molar-refractivity contribution in [1.29, 1.82) is 5.26 Å². The van der Waals surface area contributed by atoms with Gasteiger partial charge in [-0.25, -0.2) is 4.79 Å². The second kappa shape index (κ2) is 8.06. The smallest absolute Gasteiger partial charge is 0.335 e. The molecule has 0 aliphatic rings. The number of carbonyl (C=O) groups is 3. The molecule has 3 N–H and O–H groups in total. The number of aromatic carboxylic acids is 1. The van der Waals surface area contributed by atoms with Gasteiger partial charge in [-0.1, -0.05) is 6.07 Å². The predicted molar refractivity (Wildman–Crippen MR) is 75.7 cm³/mol. The van der Waals surface area contributed by atoms with Crippen molar-refractivity contribution in [2.45, 2.75) is 0 Å². The number of anilines is 1. The molecule has 114 valence electrons. The Morgan fingerprint density at radius 2 is 2.14 bits per heavy atom. The Bertz CT molecular complexity index is 661. The van der Waals surface area contributed by atoms with E-state index in [2.05, 4.69) is 15.4 Å². The molecule has 0 saturated carbocycles. The summed E-state index contributed by atoms with van der Waals surface area (Å²) in [5, 5.41) is 22.6. The average molecular weight is 303 g/mol. The molecular weight excluding hydrogens is 290 g/mol. The van der Waals surface area contributed by atoms with E-state index in [1.807, 2.05) is 0 Å². The van der Waals surface area contributed by atoms with Gasteiger partial charge in [0.15, 0.2) is 0 Å². The third kappa shape index (κ3) is 4.97. The summed E-state index contributed by atoms with van der Waals surface area (Å²) in [6.45, 7) is -0.191. The van der Waals surface area contributed by atoms with Gasteiger partial charge in [0.2, 0.25) is 0 Å². The number of carboxylic acid groups (broad SMARTS) is 1. The molecule has 1 aromatic carbocycles. The molecule has 0 aliphatic carbocycles. The van der Waals surface area contributed by atoms with Crippen molar-refractivity contribution >= 4 is 23.5 Å². The van der Waals surface area contributed by atoms with E-state index in [0.29, 0.717) is 0 Å². The van der Waals surface area contributed by atoms with Gasteiger partial charge in [-0.2, -0.15) is 5.26 Å². The third-order valence-electron chi connectivity index (χ3n) is 2.45. The number of carboxylic acids is 1. The molecule has 0 aromatic heterocycles. The molecule has 8 heteroatoms. The quantitative estimate of drug-likeness (QED) is 0.396. The number of rotatable bonds is 6. The summed E-state index contributed by atoms with van der Waals surface area (Å²) in [6, 6.07) is 7.25. The van der Waals surface area contributed by atoms with Crippen molar-refractivity contribution in [3.8, 4) is 6.07 Å². The minimum absolute atomic E-state index is 0.00380. The maximum absolute atomic E-state index is 11.9. The Labute approximate surface area is 126 Å². The van der Waals surface area contributed by atoms with Gasteiger partial charge in [0, 0.05) is 11.9 Å². The van der Waals surface area contributed by atoms with Crippen molar-refractivity contribution in [3.05, 3.63) is 41.6 Å². The zero-order valence-electron chi connectivity index (χ0n) is 11.6. The molecule has 0 spiro atoms. The number of methoxy groups -OCH3 is 1. The Kier molecular flexibility index (Phi) is 6.12. The first-order valence-electron chi connectivity index (χ1n) is 6.03. The molecule has 0 aliphatic heterocycles. The van der Waals surface area contributed by atoms with Gasteiger partial charge in [0.05, 0.1) is 12.7 Å². The highest BCUT2D eigenvalue weighted by atomic mass is 16.5. The van der Waals surface area contributed by atoms with E-state index in [1.54, 1.807) is 6.07 Å². The first-order valence-corrected chi connectivity index (χ1v) is 6.03. The van der Waals surface area contributed by atoms with Crippen molar-refractivity contribution < 1.29 is 24.2 Å². The number of ether oxygens (including phenoxy) is 1. The molecule has 0 radical (unpaired) electrons. The van der Waals surface area contributed by atoms with Gasteiger partial charge < -0.3 is 20.5 Å². The Balaban J connectivity index is 2.75. The molecule has 0 saturated heterocycles. The molecular formula is C14H13N3O5. The SMILES string of the molecule is COC(=O)CN/C=C(/C#N)C(=O)Nc1cccc(C(=O)O)c1. The Hall–Kier alpha value is -3.34. The normalized spacial score (nSPS) is 10.3. The van der Waals surface area contributed by atoms with Crippen LogP contribution in [0.5, 0.6) is 0 Å². The minimum atomic E-state index is -1.13. The zero-order chi connectivity index (χ0) is 16.5. The van der Waals surface area contributed by atoms with Crippen LogP contribution in [0.1, 0.15) is 10.4 Å². The highest BCUT2D eigenvalue weighted by molar-refractivity contribution is 6.06. The first kappa shape index (κ1) is 16.7. The van der Waals surface area contributed by atoms with Crippen LogP contribution in [0, 0.1) is 11.3 Å². The summed E-state index contributed by atoms with van der Waals surface area (Å²) in [4.78, 5) is 33.6. The van der Waals surface area contributed by atoms with Crippen molar-refractivity contribution in [2.24, 2.45) is 0 Å². The Morgan fingerprint density at radius 3 is 2.73 bits per heavy atom. The lowest BCUT2D eigenvalue weighted by atomic mass is 10.2. The minimum Gasteiger partial charge on any atom is -0.478 e. The highest BCUT2D eigenvalue weighted by Crippen LogP contribution is 2.11. The molecule has 0 fully saturated rings.